The van der Waals surface area contributed by atoms with E-state index in [1.807, 2.05) is 5.32 Å². The number of nitrogens with one attached hydrogen (secondary N) is 3. The number of carboxylic acids is 2. The number of hydrogen-bond acceptors (Lipinski definition) is 5. The van der Waals surface area contributed by atoms with Gasteiger partial charge >= 0.3 is 18.0 Å². The summed E-state index contributed by atoms with van der Waals surface area (Å²) in [7, 11) is 1.49. The molecule has 0 saturated carbocycles. The fourth-order valence-corrected chi connectivity index (χ4v) is 1.25. The van der Waals surface area contributed by atoms with Crippen LogP contribution in [0.5, 0.6) is 0 Å². The number of urea groups is 1. The summed E-state index contributed by atoms with van der Waals surface area (Å²) in [5.41, 5.74) is 0. The van der Waals surface area contributed by atoms with E-state index in [1.165, 1.54) is 7.11 Å². The van der Waals surface area contributed by atoms with Gasteiger partial charge in [0.05, 0.1) is 13.0 Å². The zero-order chi connectivity index (χ0) is 16.3. The largest absolute Gasteiger partial charge is 0.481 e. The standard InChI is InChI=1S/C11H19N3O7/c1-21-5-4-12-8(15)2-3-13-11(20)14-7(10(18)19)6-9(16)17/h7H,2-6H2,1H3,(H,12,15)(H,16,17)(H,18,19)(H2,13,14,20)/t7-/m0/s1. The van der Waals surface area contributed by atoms with Crippen molar-refractivity contribution in [3.05, 3.63) is 0 Å². The van der Waals surface area contributed by atoms with Crippen LogP contribution >= 0.6 is 0 Å². The molecule has 21 heavy (non-hydrogen) atoms. The summed E-state index contributed by atoms with van der Waals surface area (Å²) in [5.74, 6) is -3.10. The predicted octanol–water partition coefficient (Wildman–Crippen LogP) is -1.63. The van der Waals surface area contributed by atoms with Crippen molar-refractivity contribution in [2.24, 2.45) is 0 Å². The minimum Gasteiger partial charge on any atom is -0.481 e. The number of carbonyl (C=O) groups is 4. The third-order valence-electron chi connectivity index (χ3n) is 2.25. The summed E-state index contributed by atoms with van der Waals surface area (Å²) in [4.78, 5) is 43.8. The summed E-state index contributed by atoms with van der Waals surface area (Å²) in [6.45, 7) is 0.709. The van der Waals surface area contributed by atoms with Crippen LogP contribution in [-0.2, 0) is 19.1 Å². The van der Waals surface area contributed by atoms with Gasteiger partial charge in [-0.25, -0.2) is 9.59 Å². The Bertz CT molecular complexity index is 386. The Hall–Kier alpha value is -2.36. The molecule has 0 aliphatic heterocycles. The molecule has 0 radical (unpaired) electrons. The summed E-state index contributed by atoms with van der Waals surface area (Å²) in [6, 6.07) is -2.38. The topological polar surface area (TPSA) is 154 Å². The highest BCUT2D eigenvalue weighted by Crippen LogP contribution is 1.92. The zero-order valence-corrected chi connectivity index (χ0v) is 11.5. The minimum absolute atomic E-state index is 0.00774. The van der Waals surface area contributed by atoms with Crippen LogP contribution in [0.25, 0.3) is 0 Å². The fraction of sp³-hybridized carbons (Fsp3) is 0.636. The number of carbonyl (C=O) groups excluding carboxylic acids is 2. The molecule has 0 bridgehead atoms. The molecule has 0 aromatic rings. The smallest absolute Gasteiger partial charge is 0.326 e. The van der Waals surface area contributed by atoms with Crippen LogP contribution in [0, 0.1) is 0 Å². The monoisotopic (exact) mass is 305 g/mol. The molecular formula is C11H19N3O7. The molecule has 3 amide bonds. The van der Waals surface area contributed by atoms with Crippen molar-refractivity contribution in [3.8, 4) is 0 Å². The quantitative estimate of drug-likeness (QED) is 0.303. The van der Waals surface area contributed by atoms with Crippen LogP contribution in [-0.4, -0.2) is 66.9 Å². The number of hydrogen-bond donors (Lipinski definition) is 5. The van der Waals surface area contributed by atoms with E-state index >= 15 is 0 Å². The number of carboxylic acid groups (broad SMARTS) is 2. The molecule has 0 fully saturated rings. The van der Waals surface area contributed by atoms with Gasteiger partial charge in [-0.2, -0.15) is 0 Å². The molecular weight excluding hydrogens is 286 g/mol. The zero-order valence-electron chi connectivity index (χ0n) is 11.5. The van der Waals surface area contributed by atoms with Crippen LogP contribution in [0.1, 0.15) is 12.8 Å². The second-order valence-corrected chi connectivity index (χ2v) is 3.98. The second kappa shape index (κ2) is 10.4. The first kappa shape index (κ1) is 18.6. The SMILES string of the molecule is COCCNC(=O)CCNC(=O)N[C@@H](CC(=O)O)C(=O)O. The molecule has 0 heterocycles. The number of ether oxygens (including phenoxy) is 1. The first-order chi connectivity index (χ1) is 9.86. The van der Waals surface area contributed by atoms with Crippen molar-refractivity contribution in [2.45, 2.75) is 18.9 Å². The lowest BCUT2D eigenvalue weighted by atomic mass is 10.2. The number of methoxy groups -OCH3 is 1. The van der Waals surface area contributed by atoms with Crippen molar-refractivity contribution in [2.75, 3.05) is 26.8 Å². The van der Waals surface area contributed by atoms with E-state index in [0.717, 1.165) is 0 Å². The van der Waals surface area contributed by atoms with Crippen molar-refractivity contribution in [1.29, 1.82) is 0 Å². The molecule has 10 heteroatoms. The number of rotatable bonds is 10. The van der Waals surface area contributed by atoms with Gasteiger partial charge in [0.2, 0.25) is 5.91 Å². The van der Waals surface area contributed by atoms with E-state index in [1.54, 1.807) is 0 Å². The summed E-state index contributed by atoms with van der Waals surface area (Å²) in [5, 5.41) is 24.0. The highest BCUT2D eigenvalue weighted by atomic mass is 16.5. The van der Waals surface area contributed by atoms with E-state index in [9.17, 15) is 19.2 Å². The third-order valence-corrected chi connectivity index (χ3v) is 2.25. The summed E-state index contributed by atoms with van der Waals surface area (Å²) < 4.78 is 4.73. The Morgan fingerprint density at radius 3 is 2.29 bits per heavy atom. The van der Waals surface area contributed by atoms with E-state index in [4.69, 9.17) is 14.9 Å². The second-order valence-electron chi connectivity index (χ2n) is 3.98. The van der Waals surface area contributed by atoms with Crippen LogP contribution in [0.4, 0.5) is 4.79 Å². The normalized spacial score (nSPS) is 11.3. The van der Waals surface area contributed by atoms with E-state index in [0.29, 0.717) is 13.2 Å². The molecule has 0 aliphatic carbocycles. The van der Waals surface area contributed by atoms with Gasteiger partial charge in [0.1, 0.15) is 6.04 Å². The Morgan fingerprint density at radius 2 is 1.76 bits per heavy atom. The van der Waals surface area contributed by atoms with Gasteiger partial charge < -0.3 is 30.9 Å². The maximum absolute atomic E-state index is 11.4. The highest BCUT2D eigenvalue weighted by molar-refractivity contribution is 5.86. The van der Waals surface area contributed by atoms with Crippen molar-refractivity contribution < 1.29 is 34.1 Å². The predicted molar refractivity (Wildman–Crippen MR) is 69.7 cm³/mol. The first-order valence-electron chi connectivity index (χ1n) is 6.11. The lowest BCUT2D eigenvalue weighted by molar-refractivity contribution is -0.145. The van der Waals surface area contributed by atoms with Gasteiger partial charge in [0.15, 0.2) is 0 Å². The minimum atomic E-state index is -1.53. The maximum Gasteiger partial charge on any atom is 0.326 e. The molecule has 0 saturated heterocycles. The summed E-state index contributed by atoms with van der Waals surface area (Å²) >= 11 is 0. The molecule has 10 nitrogen and oxygen atoms in total. The first-order valence-corrected chi connectivity index (χ1v) is 6.11. The highest BCUT2D eigenvalue weighted by Gasteiger charge is 2.22. The van der Waals surface area contributed by atoms with Gasteiger partial charge in [0, 0.05) is 26.6 Å². The van der Waals surface area contributed by atoms with Gasteiger partial charge in [-0.05, 0) is 0 Å². The number of aliphatic carboxylic acids is 2. The van der Waals surface area contributed by atoms with Gasteiger partial charge in [0.25, 0.3) is 0 Å². The van der Waals surface area contributed by atoms with Crippen LogP contribution in [0.15, 0.2) is 0 Å². The molecule has 0 spiro atoms. The van der Waals surface area contributed by atoms with Gasteiger partial charge in [-0.1, -0.05) is 0 Å². The summed E-state index contributed by atoms with van der Waals surface area (Å²) in [6.07, 6.45) is -0.728. The molecule has 0 rings (SSSR count). The van der Waals surface area contributed by atoms with E-state index in [-0.39, 0.29) is 18.9 Å². The Morgan fingerprint density at radius 1 is 1.10 bits per heavy atom. The Labute approximate surface area is 120 Å². The number of amides is 3. The Kier molecular flexibility index (Phi) is 9.26. The van der Waals surface area contributed by atoms with Gasteiger partial charge in [-0.15, -0.1) is 0 Å². The molecule has 1 atom stereocenters. The van der Waals surface area contributed by atoms with Crippen molar-refractivity contribution in [1.82, 2.24) is 16.0 Å². The lowest BCUT2D eigenvalue weighted by Gasteiger charge is -2.13. The lowest BCUT2D eigenvalue weighted by Crippen LogP contribution is -2.47. The van der Waals surface area contributed by atoms with Gasteiger partial charge in [-0.3, -0.25) is 9.59 Å². The average Bonchev–Trinajstić information content (AvgIpc) is 2.37. The Balaban J connectivity index is 3.94. The average molecular weight is 305 g/mol. The molecule has 0 aromatic carbocycles. The molecule has 0 aromatic heterocycles. The molecule has 0 aliphatic rings. The maximum atomic E-state index is 11.4. The van der Waals surface area contributed by atoms with Crippen LogP contribution < -0.4 is 16.0 Å². The van der Waals surface area contributed by atoms with E-state index < -0.39 is 30.4 Å². The third kappa shape index (κ3) is 10.1. The fourth-order valence-electron chi connectivity index (χ4n) is 1.25. The van der Waals surface area contributed by atoms with E-state index in [2.05, 4.69) is 10.6 Å². The van der Waals surface area contributed by atoms with Crippen molar-refractivity contribution >= 4 is 23.9 Å². The molecule has 0 unspecified atom stereocenters. The molecule has 5 N–H and O–H groups in total. The van der Waals surface area contributed by atoms with Crippen LogP contribution in [0.2, 0.25) is 0 Å². The van der Waals surface area contributed by atoms with Crippen LogP contribution in [0.3, 0.4) is 0 Å². The van der Waals surface area contributed by atoms with Crippen molar-refractivity contribution in [3.63, 3.8) is 0 Å². The molecule has 120 valence electrons.